The highest BCUT2D eigenvalue weighted by molar-refractivity contribution is 5.44. The molecule has 17 heavy (non-hydrogen) atoms. The Bertz CT molecular complexity index is 497. The first-order chi connectivity index (χ1) is 8.25. The molecule has 88 valence electrons. The average molecular weight is 233 g/mol. The first-order valence-corrected chi connectivity index (χ1v) is 5.08. The maximum absolute atomic E-state index is 10.5. The Morgan fingerprint density at radius 3 is 3.00 bits per heavy atom. The fourth-order valence-corrected chi connectivity index (χ4v) is 1.37. The van der Waals surface area contributed by atoms with E-state index in [1.54, 1.807) is 12.4 Å². The maximum atomic E-state index is 10.5. The monoisotopic (exact) mass is 233 g/mol. The van der Waals surface area contributed by atoms with Crippen LogP contribution in [0.15, 0.2) is 30.7 Å². The lowest BCUT2D eigenvalue weighted by atomic mass is 10.3. The molecule has 0 atom stereocenters. The number of imidazole rings is 1. The van der Waals surface area contributed by atoms with Gasteiger partial charge in [-0.3, -0.25) is 10.1 Å². The van der Waals surface area contributed by atoms with Gasteiger partial charge in [0.15, 0.2) is 0 Å². The molecule has 2 heterocycles. The lowest BCUT2D eigenvalue weighted by Crippen LogP contribution is -2.07. The maximum Gasteiger partial charge on any atom is 0.274 e. The highest BCUT2D eigenvalue weighted by Gasteiger charge is 2.06. The Hall–Kier alpha value is -2.44. The summed E-state index contributed by atoms with van der Waals surface area (Å²) in [7, 11) is 0. The Balaban J connectivity index is 1.90. The molecule has 0 saturated heterocycles. The van der Waals surface area contributed by atoms with E-state index in [1.807, 2.05) is 0 Å². The summed E-state index contributed by atoms with van der Waals surface area (Å²) in [5.74, 6) is 1.36. The van der Waals surface area contributed by atoms with Gasteiger partial charge in [0.25, 0.3) is 5.69 Å². The van der Waals surface area contributed by atoms with Gasteiger partial charge in [-0.15, -0.1) is 0 Å². The second kappa shape index (κ2) is 5.06. The molecule has 0 spiro atoms. The molecule has 0 aliphatic rings. The van der Waals surface area contributed by atoms with Crippen molar-refractivity contribution in [3.05, 3.63) is 46.7 Å². The number of rotatable bonds is 5. The van der Waals surface area contributed by atoms with Crippen LogP contribution in [-0.4, -0.2) is 26.4 Å². The van der Waals surface area contributed by atoms with E-state index in [2.05, 4.69) is 20.3 Å². The number of aromatic amines is 1. The number of hydrogen-bond donors (Lipinski definition) is 2. The molecular formula is C10H11N5O2. The number of nitrogens with one attached hydrogen (secondary N) is 2. The summed E-state index contributed by atoms with van der Waals surface area (Å²) >= 11 is 0. The summed E-state index contributed by atoms with van der Waals surface area (Å²) in [6.45, 7) is 0.613. The molecule has 0 saturated carbocycles. The van der Waals surface area contributed by atoms with Crippen LogP contribution >= 0.6 is 0 Å². The fourth-order valence-electron chi connectivity index (χ4n) is 1.37. The molecule has 0 aromatic carbocycles. The number of hydrogen-bond acceptors (Lipinski definition) is 5. The first-order valence-electron chi connectivity index (χ1n) is 5.08. The van der Waals surface area contributed by atoms with Crippen molar-refractivity contribution in [2.24, 2.45) is 0 Å². The van der Waals surface area contributed by atoms with Gasteiger partial charge in [-0.25, -0.2) is 9.97 Å². The van der Waals surface area contributed by atoms with Crippen LogP contribution in [0, 0.1) is 10.1 Å². The normalized spacial score (nSPS) is 10.1. The highest BCUT2D eigenvalue weighted by Crippen LogP contribution is 2.13. The van der Waals surface area contributed by atoms with E-state index in [4.69, 9.17) is 0 Å². The van der Waals surface area contributed by atoms with Gasteiger partial charge >= 0.3 is 0 Å². The number of nitrogens with zero attached hydrogens (tertiary/aromatic N) is 3. The molecule has 7 nitrogen and oxygen atoms in total. The number of aromatic nitrogens is 3. The van der Waals surface area contributed by atoms with E-state index in [0.717, 1.165) is 5.82 Å². The van der Waals surface area contributed by atoms with E-state index in [-0.39, 0.29) is 5.69 Å². The van der Waals surface area contributed by atoms with Crippen LogP contribution in [0.3, 0.4) is 0 Å². The molecule has 7 heteroatoms. The van der Waals surface area contributed by atoms with Crippen molar-refractivity contribution in [3.63, 3.8) is 0 Å². The van der Waals surface area contributed by atoms with Crippen molar-refractivity contribution in [1.82, 2.24) is 15.0 Å². The summed E-state index contributed by atoms with van der Waals surface area (Å²) in [6, 6.07) is 2.76. The molecule has 2 rings (SSSR count). The van der Waals surface area contributed by atoms with Gasteiger partial charge in [0, 0.05) is 37.6 Å². The molecule has 0 aliphatic carbocycles. The van der Waals surface area contributed by atoms with Crippen LogP contribution in [0.25, 0.3) is 0 Å². The van der Waals surface area contributed by atoms with Crippen molar-refractivity contribution in [1.29, 1.82) is 0 Å². The number of anilines is 1. The highest BCUT2D eigenvalue weighted by atomic mass is 16.6. The van der Waals surface area contributed by atoms with Gasteiger partial charge < -0.3 is 10.3 Å². The predicted molar refractivity (Wildman–Crippen MR) is 61.7 cm³/mol. The standard InChI is InChI=1S/C10H11N5O2/c16-15(17)8-1-3-11-10(7-8)12-4-2-9-13-5-6-14-9/h1,3,5-7H,2,4H2,(H,11,12)(H,13,14). The van der Waals surface area contributed by atoms with Crippen molar-refractivity contribution >= 4 is 11.5 Å². The fraction of sp³-hybridized carbons (Fsp3) is 0.200. The molecule has 2 aromatic rings. The topological polar surface area (TPSA) is 96.7 Å². The average Bonchev–Trinajstić information content (AvgIpc) is 2.82. The van der Waals surface area contributed by atoms with E-state index in [1.165, 1.54) is 18.3 Å². The minimum absolute atomic E-state index is 0.0282. The lowest BCUT2D eigenvalue weighted by molar-refractivity contribution is -0.384. The zero-order valence-electron chi connectivity index (χ0n) is 8.96. The van der Waals surface area contributed by atoms with Gasteiger partial charge in [0.2, 0.25) is 0 Å². The minimum atomic E-state index is -0.445. The molecule has 0 fully saturated rings. The molecule has 0 radical (unpaired) electrons. The van der Waals surface area contributed by atoms with Crippen molar-refractivity contribution in [2.75, 3.05) is 11.9 Å². The lowest BCUT2D eigenvalue weighted by Gasteiger charge is -2.03. The molecule has 0 amide bonds. The first kappa shape index (κ1) is 11.1. The zero-order chi connectivity index (χ0) is 12.1. The number of nitro groups is 1. The third-order valence-electron chi connectivity index (χ3n) is 2.18. The molecule has 0 aliphatic heterocycles. The summed E-state index contributed by atoms with van der Waals surface area (Å²) in [5, 5.41) is 13.6. The second-order valence-corrected chi connectivity index (χ2v) is 3.37. The summed E-state index contributed by atoms with van der Waals surface area (Å²) in [4.78, 5) is 21.1. The van der Waals surface area contributed by atoms with Gasteiger partial charge in [-0.2, -0.15) is 0 Å². The zero-order valence-corrected chi connectivity index (χ0v) is 8.96. The summed E-state index contributed by atoms with van der Waals surface area (Å²) in [5.41, 5.74) is 0.0282. The summed E-state index contributed by atoms with van der Waals surface area (Å²) in [6.07, 6.45) is 5.55. The summed E-state index contributed by atoms with van der Waals surface area (Å²) < 4.78 is 0. The van der Waals surface area contributed by atoms with E-state index in [9.17, 15) is 10.1 Å². The number of pyridine rings is 1. The van der Waals surface area contributed by atoms with Crippen LogP contribution in [0.5, 0.6) is 0 Å². The van der Waals surface area contributed by atoms with Crippen molar-refractivity contribution in [3.8, 4) is 0 Å². The van der Waals surface area contributed by atoms with Crippen molar-refractivity contribution in [2.45, 2.75) is 6.42 Å². The molecule has 0 unspecified atom stereocenters. The van der Waals surface area contributed by atoms with Crippen LogP contribution in [-0.2, 0) is 6.42 Å². The Morgan fingerprint density at radius 2 is 2.29 bits per heavy atom. The molecule has 0 bridgehead atoms. The van der Waals surface area contributed by atoms with Crippen LogP contribution in [0.1, 0.15) is 5.82 Å². The minimum Gasteiger partial charge on any atom is -0.369 e. The smallest absolute Gasteiger partial charge is 0.274 e. The quantitative estimate of drug-likeness (QED) is 0.600. The second-order valence-electron chi connectivity index (χ2n) is 3.37. The molecule has 2 N–H and O–H groups in total. The Labute approximate surface area is 97.1 Å². The van der Waals surface area contributed by atoms with Crippen LogP contribution in [0.2, 0.25) is 0 Å². The Kier molecular flexibility index (Phi) is 3.29. The van der Waals surface area contributed by atoms with E-state index < -0.39 is 4.92 Å². The van der Waals surface area contributed by atoms with E-state index in [0.29, 0.717) is 18.8 Å². The Morgan fingerprint density at radius 1 is 1.41 bits per heavy atom. The van der Waals surface area contributed by atoms with Gasteiger partial charge in [0.1, 0.15) is 11.6 Å². The number of H-pyrrole nitrogens is 1. The predicted octanol–water partition coefficient (Wildman–Crippen LogP) is 1.37. The molecular weight excluding hydrogens is 222 g/mol. The van der Waals surface area contributed by atoms with Crippen molar-refractivity contribution < 1.29 is 4.92 Å². The SMILES string of the molecule is O=[N+]([O-])c1ccnc(NCCc2ncc[nH]2)c1. The third-order valence-corrected chi connectivity index (χ3v) is 2.18. The van der Waals surface area contributed by atoms with Crippen LogP contribution in [0.4, 0.5) is 11.5 Å². The van der Waals surface area contributed by atoms with Crippen LogP contribution < -0.4 is 5.32 Å². The van der Waals surface area contributed by atoms with Gasteiger partial charge in [-0.1, -0.05) is 0 Å². The largest absolute Gasteiger partial charge is 0.369 e. The van der Waals surface area contributed by atoms with Gasteiger partial charge in [-0.05, 0) is 0 Å². The molecule has 2 aromatic heterocycles. The van der Waals surface area contributed by atoms with Gasteiger partial charge in [0.05, 0.1) is 11.0 Å². The third kappa shape index (κ3) is 3.00. The van der Waals surface area contributed by atoms with E-state index >= 15 is 0 Å².